The fourth-order valence-electron chi connectivity index (χ4n) is 6.53. The number of carboxylic acid groups (broad SMARTS) is 2. The minimum atomic E-state index is -0.740. The van der Waals surface area contributed by atoms with E-state index < -0.39 is 11.9 Å². The van der Waals surface area contributed by atoms with E-state index in [1.54, 1.807) is 0 Å². The second kappa shape index (κ2) is 21.5. The normalized spacial score (nSPS) is 17.2. The van der Waals surface area contributed by atoms with E-state index in [2.05, 4.69) is 41.5 Å². The highest BCUT2D eigenvalue weighted by Gasteiger charge is 2.34. The molecule has 3 atom stereocenters. The molecule has 0 saturated carbocycles. The van der Waals surface area contributed by atoms with Crippen LogP contribution in [0, 0.1) is 38.5 Å². The van der Waals surface area contributed by atoms with Gasteiger partial charge in [-0.2, -0.15) is 0 Å². The van der Waals surface area contributed by atoms with Crippen LogP contribution in [0.2, 0.25) is 0 Å². The monoisotopic (exact) mass is 633 g/mol. The average molecular weight is 633 g/mol. The van der Waals surface area contributed by atoms with Crippen molar-refractivity contribution in [2.75, 3.05) is 0 Å². The lowest BCUT2D eigenvalue weighted by Gasteiger charge is -2.38. The Morgan fingerprint density at radius 2 is 1.16 bits per heavy atom. The molecule has 0 bridgehead atoms. The molecule has 0 radical (unpaired) electrons. The molecule has 3 N–H and O–H groups in total. The summed E-state index contributed by atoms with van der Waals surface area (Å²) >= 11 is 0. The Hall–Kier alpha value is -2.24. The van der Waals surface area contributed by atoms with Crippen molar-refractivity contribution in [1.82, 2.24) is 0 Å². The van der Waals surface area contributed by atoms with Gasteiger partial charge in [-0.05, 0) is 101 Å². The van der Waals surface area contributed by atoms with Crippen LogP contribution in [0.15, 0.2) is 0 Å². The Labute approximate surface area is 275 Å². The lowest BCUT2D eigenvalue weighted by Crippen LogP contribution is -2.37. The van der Waals surface area contributed by atoms with Crippen molar-refractivity contribution in [3.8, 4) is 11.5 Å². The highest BCUT2D eigenvalue weighted by atomic mass is 16.5. The topological polar surface area (TPSA) is 104 Å². The van der Waals surface area contributed by atoms with E-state index in [4.69, 9.17) is 14.9 Å². The number of hydrogen-bond acceptors (Lipinski definition) is 4. The van der Waals surface area contributed by atoms with Gasteiger partial charge in [-0.15, -0.1) is 0 Å². The number of phenolic OH excluding ortho intramolecular Hbond substituents is 1. The van der Waals surface area contributed by atoms with Gasteiger partial charge in [0.1, 0.15) is 17.1 Å². The van der Waals surface area contributed by atoms with Crippen LogP contribution in [-0.4, -0.2) is 32.9 Å². The molecule has 1 aliphatic heterocycles. The fourth-order valence-corrected chi connectivity index (χ4v) is 6.53. The molecule has 2 rings (SSSR count). The Balaban J connectivity index is 0.000000609. The summed E-state index contributed by atoms with van der Waals surface area (Å²) in [6.07, 6.45) is 19.9. The van der Waals surface area contributed by atoms with Gasteiger partial charge in [-0.3, -0.25) is 9.59 Å². The molecule has 1 aromatic rings. The number of phenols is 1. The van der Waals surface area contributed by atoms with Gasteiger partial charge in [-0.25, -0.2) is 0 Å². The van der Waals surface area contributed by atoms with Gasteiger partial charge < -0.3 is 20.1 Å². The van der Waals surface area contributed by atoms with Gasteiger partial charge in [0, 0.05) is 18.4 Å². The first-order chi connectivity index (χ1) is 21.2. The maximum absolute atomic E-state index is 10.4. The van der Waals surface area contributed by atoms with E-state index in [1.165, 1.54) is 56.9 Å². The van der Waals surface area contributed by atoms with Crippen molar-refractivity contribution < 1.29 is 29.6 Å². The van der Waals surface area contributed by atoms with Crippen molar-refractivity contribution in [3.63, 3.8) is 0 Å². The van der Waals surface area contributed by atoms with Crippen LogP contribution in [0.4, 0.5) is 0 Å². The molecule has 0 amide bonds. The van der Waals surface area contributed by atoms with Crippen molar-refractivity contribution in [2.24, 2.45) is 17.8 Å². The van der Waals surface area contributed by atoms with Crippen molar-refractivity contribution in [1.29, 1.82) is 0 Å². The predicted molar refractivity (Wildman–Crippen MR) is 187 cm³/mol. The van der Waals surface area contributed by atoms with Crippen molar-refractivity contribution in [3.05, 3.63) is 22.3 Å². The highest BCUT2D eigenvalue weighted by molar-refractivity contribution is 5.66. The van der Waals surface area contributed by atoms with Gasteiger partial charge in [0.2, 0.25) is 0 Å². The molecule has 6 nitrogen and oxygen atoms in total. The zero-order valence-electron chi connectivity index (χ0n) is 30.2. The van der Waals surface area contributed by atoms with Crippen LogP contribution in [-0.2, 0) is 16.0 Å². The van der Waals surface area contributed by atoms with Gasteiger partial charge in [-0.1, -0.05) is 98.3 Å². The predicted octanol–water partition coefficient (Wildman–Crippen LogP) is 11.1. The summed E-state index contributed by atoms with van der Waals surface area (Å²) in [4.78, 5) is 20.3. The van der Waals surface area contributed by atoms with Crippen molar-refractivity contribution in [2.45, 2.75) is 183 Å². The van der Waals surface area contributed by atoms with Crippen LogP contribution >= 0.6 is 0 Å². The zero-order valence-corrected chi connectivity index (χ0v) is 30.2. The average Bonchev–Trinajstić information content (AvgIpc) is 2.96. The quantitative estimate of drug-likeness (QED) is 0.116. The number of aliphatic carboxylic acids is 2. The number of carbonyl (C=O) groups is 2. The third-order valence-electron chi connectivity index (χ3n) is 9.90. The van der Waals surface area contributed by atoms with Gasteiger partial charge in [0.05, 0.1) is 0 Å². The third kappa shape index (κ3) is 16.8. The second-order valence-corrected chi connectivity index (χ2v) is 14.9. The number of hydrogen-bond donors (Lipinski definition) is 3. The second-order valence-electron chi connectivity index (χ2n) is 14.9. The first kappa shape index (κ1) is 40.8. The maximum Gasteiger partial charge on any atom is 0.303 e. The van der Waals surface area contributed by atoms with Gasteiger partial charge >= 0.3 is 11.9 Å². The molecular weight excluding hydrogens is 564 g/mol. The molecule has 0 saturated heterocycles. The summed E-state index contributed by atoms with van der Waals surface area (Å²) in [5.41, 5.74) is 4.23. The van der Waals surface area contributed by atoms with Crippen LogP contribution in [0.25, 0.3) is 0 Å². The first-order valence-corrected chi connectivity index (χ1v) is 18.1. The molecule has 2 unspecified atom stereocenters. The Kier molecular flexibility index (Phi) is 19.5. The molecule has 1 heterocycles. The Morgan fingerprint density at radius 3 is 1.64 bits per heavy atom. The third-order valence-corrected chi connectivity index (χ3v) is 9.90. The minimum Gasteiger partial charge on any atom is -0.507 e. The van der Waals surface area contributed by atoms with E-state index in [0.29, 0.717) is 5.75 Å². The summed E-state index contributed by atoms with van der Waals surface area (Å²) in [5.74, 6) is 2.56. The molecule has 0 spiro atoms. The SMILES string of the molecule is Cc1c(C)c2c(c(C)c1O)CC[C@@](C)(CCCC(C)CCCC(C)CCCC(C)C)O2.O=C(O)CCCCCCCCC(=O)O. The molecule has 1 aromatic carbocycles. The van der Waals surface area contributed by atoms with Gasteiger partial charge in [0.25, 0.3) is 0 Å². The van der Waals surface area contributed by atoms with Gasteiger partial charge in [0.15, 0.2) is 0 Å². The summed E-state index contributed by atoms with van der Waals surface area (Å²) in [6, 6.07) is 0. The van der Waals surface area contributed by atoms with Crippen LogP contribution in [0.3, 0.4) is 0 Å². The molecule has 0 aliphatic carbocycles. The largest absolute Gasteiger partial charge is 0.507 e. The Morgan fingerprint density at radius 1 is 0.689 bits per heavy atom. The number of ether oxygens (including phenoxy) is 1. The Bertz CT molecular complexity index is 996. The number of benzene rings is 1. The van der Waals surface area contributed by atoms with E-state index in [-0.39, 0.29) is 18.4 Å². The molecule has 260 valence electrons. The smallest absolute Gasteiger partial charge is 0.303 e. The minimum absolute atomic E-state index is 0.0712. The lowest BCUT2D eigenvalue weighted by molar-refractivity contribution is -0.138. The highest BCUT2D eigenvalue weighted by Crippen LogP contribution is 2.44. The number of carboxylic acids is 2. The van der Waals surface area contributed by atoms with Crippen LogP contribution in [0.1, 0.15) is 172 Å². The first-order valence-electron chi connectivity index (χ1n) is 18.1. The number of aromatic hydroxyl groups is 1. The van der Waals surface area contributed by atoms with Crippen molar-refractivity contribution >= 4 is 11.9 Å². The molecule has 45 heavy (non-hydrogen) atoms. The van der Waals surface area contributed by atoms with E-state index in [1.807, 2.05) is 13.8 Å². The van der Waals surface area contributed by atoms with E-state index >= 15 is 0 Å². The number of unbranched alkanes of at least 4 members (excludes halogenated alkanes) is 5. The molecule has 0 fully saturated rings. The van der Waals surface area contributed by atoms with E-state index in [9.17, 15) is 14.7 Å². The number of rotatable bonds is 21. The fraction of sp³-hybridized carbons (Fsp3) is 0.795. The summed E-state index contributed by atoms with van der Waals surface area (Å²) in [6.45, 7) is 17.9. The van der Waals surface area contributed by atoms with Crippen LogP contribution in [0.5, 0.6) is 11.5 Å². The molecular formula is C39H68O6. The maximum atomic E-state index is 10.4. The lowest BCUT2D eigenvalue weighted by atomic mass is 9.84. The zero-order chi connectivity index (χ0) is 34.0. The summed E-state index contributed by atoms with van der Waals surface area (Å²) < 4.78 is 6.60. The number of fused-ring (bicyclic) bond motifs is 1. The molecule has 6 heteroatoms. The van der Waals surface area contributed by atoms with Crippen LogP contribution < -0.4 is 4.74 Å². The standard InChI is InChI=1S/C29H50O2.C10H18O4/c1-20(2)12-9-13-21(3)14-10-15-22(4)16-11-18-29(8)19-17-26-25(7)27(30)23(5)24(6)28(26)31-29;11-9(12)7-5-3-1-2-4-6-8-10(13)14/h20-22,30H,9-19H2,1-8H3;1-8H2,(H,11,12)(H,13,14)/t21?,22?,29-;/m1./s1. The molecule has 1 aliphatic rings. The van der Waals surface area contributed by atoms with E-state index in [0.717, 1.165) is 98.0 Å². The summed E-state index contributed by atoms with van der Waals surface area (Å²) in [5, 5.41) is 27.1. The molecule has 0 aromatic heterocycles. The summed E-state index contributed by atoms with van der Waals surface area (Å²) in [7, 11) is 0.